The Hall–Kier alpha value is -1.92. The molecule has 0 spiro atoms. The van der Waals surface area contributed by atoms with Crippen LogP contribution in [0, 0.1) is 0 Å². The summed E-state index contributed by atoms with van der Waals surface area (Å²) < 4.78 is 6.53. The van der Waals surface area contributed by atoms with Crippen LogP contribution in [0.2, 0.25) is 0 Å². The summed E-state index contributed by atoms with van der Waals surface area (Å²) in [6.07, 6.45) is 0. The first kappa shape index (κ1) is 17.9. The average molecular weight is 373 g/mol. The monoisotopic (exact) mass is 373 g/mol. The first-order chi connectivity index (χ1) is 12.1. The highest BCUT2D eigenvalue weighted by Gasteiger charge is 2.38. The Labute approximate surface area is 156 Å². The van der Waals surface area contributed by atoms with Crippen molar-refractivity contribution in [1.82, 2.24) is 4.31 Å². The highest BCUT2D eigenvalue weighted by atomic mass is 32.2. The minimum atomic E-state index is -0.289. The molecule has 0 saturated carbocycles. The van der Waals surface area contributed by atoms with Gasteiger partial charge in [-0.25, -0.2) is 0 Å². The van der Waals surface area contributed by atoms with Crippen LogP contribution in [0.3, 0.4) is 0 Å². The van der Waals surface area contributed by atoms with Crippen LogP contribution < -0.4 is 0 Å². The van der Waals surface area contributed by atoms with Crippen LogP contribution in [-0.2, 0) is 9.53 Å². The molecule has 0 fully saturated rings. The molecule has 0 N–H and O–H groups in total. The number of hydrogen-bond donors (Lipinski definition) is 0. The molecule has 4 nitrogen and oxygen atoms in total. The van der Waals surface area contributed by atoms with E-state index < -0.39 is 0 Å². The Bertz CT molecular complexity index is 766. The molecule has 0 aromatic heterocycles. The van der Waals surface area contributed by atoms with Gasteiger partial charge in [0.1, 0.15) is 5.37 Å². The zero-order valence-electron chi connectivity index (χ0n) is 14.0. The molecule has 0 saturated heterocycles. The van der Waals surface area contributed by atoms with Crippen molar-refractivity contribution in [1.29, 1.82) is 0 Å². The van der Waals surface area contributed by atoms with Gasteiger partial charge in [0.25, 0.3) is 5.91 Å². The number of nitrogens with zero attached hydrogens (tertiary/aromatic N) is 1. The number of methoxy groups -OCH3 is 1. The van der Waals surface area contributed by atoms with E-state index in [2.05, 4.69) is 19.1 Å². The Morgan fingerprint density at radius 1 is 1.16 bits per heavy atom. The van der Waals surface area contributed by atoms with E-state index in [9.17, 15) is 9.59 Å². The molecule has 2 atom stereocenters. The topological polar surface area (TPSA) is 46.6 Å². The Kier molecular flexibility index (Phi) is 5.71. The molecule has 130 valence electrons. The quantitative estimate of drug-likeness (QED) is 0.553. The van der Waals surface area contributed by atoms with Crippen LogP contribution in [-0.4, -0.2) is 29.0 Å². The van der Waals surface area contributed by atoms with Gasteiger partial charge in [0, 0.05) is 10.8 Å². The Morgan fingerprint density at radius 3 is 2.56 bits per heavy atom. The van der Waals surface area contributed by atoms with Crippen molar-refractivity contribution in [3.8, 4) is 0 Å². The summed E-state index contributed by atoms with van der Waals surface area (Å²) >= 11 is 2.92. The number of fused-ring (bicyclic) bond motifs is 1. The Balaban J connectivity index is 1.83. The summed E-state index contributed by atoms with van der Waals surface area (Å²) in [6.45, 7) is 2.08. The fraction of sp³-hybridized carbons (Fsp3) is 0.263. The normalized spacial score (nSPS) is 17.3. The zero-order valence-corrected chi connectivity index (χ0v) is 15.7. The van der Waals surface area contributed by atoms with Crippen molar-refractivity contribution >= 4 is 35.6 Å². The number of benzene rings is 2. The molecular weight excluding hydrogens is 354 g/mol. The third-order valence-electron chi connectivity index (χ3n) is 4.00. The summed E-state index contributed by atoms with van der Waals surface area (Å²) in [5.41, 5.74) is 2.82. The van der Waals surface area contributed by atoms with Crippen molar-refractivity contribution in [3.05, 3.63) is 71.3 Å². The van der Waals surface area contributed by atoms with Crippen molar-refractivity contribution in [3.63, 3.8) is 0 Å². The summed E-state index contributed by atoms with van der Waals surface area (Å²) in [6, 6.07) is 17.7. The van der Waals surface area contributed by atoms with Gasteiger partial charge in [-0.1, -0.05) is 48.5 Å². The van der Waals surface area contributed by atoms with E-state index in [-0.39, 0.29) is 28.3 Å². The predicted octanol–water partition coefficient (Wildman–Crippen LogP) is 4.46. The molecule has 2 aromatic carbocycles. The summed E-state index contributed by atoms with van der Waals surface area (Å²) in [5, 5.41) is -0.0698. The molecule has 1 heterocycles. The van der Waals surface area contributed by atoms with Crippen molar-refractivity contribution in [2.24, 2.45) is 0 Å². The third-order valence-corrected chi connectivity index (χ3v) is 6.51. The fourth-order valence-electron chi connectivity index (χ4n) is 2.68. The van der Waals surface area contributed by atoms with E-state index >= 15 is 0 Å². The van der Waals surface area contributed by atoms with E-state index in [1.807, 2.05) is 42.5 Å². The average Bonchev–Trinajstić information content (AvgIpc) is 2.92. The van der Waals surface area contributed by atoms with Gasteiger partial charge in [-0.2, -0.15) is 0 Å². The second-order valence-electron chi connectivity index (χ2n) is 5.62. The number of hydrogen-bond acceptors (Lipinski definition) is 5. The number of esters is 1. The molecule has 0 aliphatic carbocycles. The predicted molar refractivity (Wildman–Crippen MR) is 102 cm³/mol. The maximum Gasteiger partial charge on any atom is 0.315 e. The SMILES string of the molecule is COC(=O)CSC1c2ccccc2C(=O)N1SC(C)c1ccccc1. The molecular formula is C19H19NO3S2. The summed E-state index contributed by atoms with van der Waals surface area (Å²) in [4.78, 5) is 24.4. The molecule has 1 aliphatic heterocycles. The number of carbonyl (C=O) groups excluding carboxylic acids is 2. The number of amides is 1. The summed E-state index contributed by atoms with van der Waals surface area (Å²) in [7, 11) is 1.38. The molecule has 6 heteroatoms. The number of carbonyl (C=O) groups is 2. The van der Waals surface area contributed by atoms with Gasteiger partial charge in [-0.3, -0.25) is 13.9 Å². The molecule has 25 heavy (non-hydrogen) atoms. The lowest BCUT2D eigenvalue weighted by atomic mass is 10.1. The minimum absolute atomic E-state index is 0.00857. The lowest BCUT2D eigenvalue weighted by Gasteiger charge is -2.26. The first-order valence-corrected chi connectivity index (χ1v) is 9.83. The lowest BCUT2D eigenvalue weighted by molar-refractivity contribution is -0.137. The van der Waals surface area contributed by atoms with Crippen molar-refractivity contribution < 1.29 is 14.3 Å². The largest absolute Gasteiger partial charge is 0.468 e. The molecule has 1 amide bonds. The maximum atomic E-state index is 12.9. The van der Waals surface area contributed by atoms with Crippen molar-refractivity contribution in [2.75, 3.05) is 12.9 Å². The number of thioether (sulfide) groups is 1. The molecule has 3 rings (SSSR count). The fourth-order valence-corrected chi connectivity index (χ4v) is 5.08. The highest BCUT2D eigenvalue weighted by Crippen LogP contribution is 2.48. The molecule has 2 aromatic rings. The second kappa shape index (κ2) is 7.97. The highest BCUT2D eigenvalue weighted by molar-refractivity contribution is 8.02. The van der Waals surface area contributed by atoms with Gasteiger partial charge in [0.05, 0.1) is 12.9 Å². The van der Waals surface area contributed by atoms with Crippen LogP contribution in [0.4, 0.5) is 0 Å². The van der Waals surface area contributed by atoms with E-state index in [0.717, 1.165) is 11.1 Å². The van der Waals surface area contributed by atoms with Crippen LogP contribution in [0.1, 0.15) is 39.0 Å². The third kappa shape index (κ3) is 3.85. The molecule has 2 unspecified atom stereocenters. The first-order valence-electron chi connectivity index (χ1n) is 7.94. The van der Waals surface area contributed by atoms with E-state index in [4.69, 9.17) is 4.74 Å². The number of ether oxygens (including phenoxy) is 1. The van der Waals surface area contributed by atoms with Crippen molar-refractivity contribution in [2.45, 2.75) is 17.5 Å². The standard InChI is InChI=1S/C19H19NO3S2/c1-13(14-8-4-3-5-9-14)25-20-18(22)15-10-6-7-11-16(15)19(20)24-12-17(21)23-2/h3-11,13,19H,12H2,1-2H3. The van der Waals surface area contributed by atoms with E-state index in [0.29, 0.717) is 5.56 Å². The smallest absolute Gasteiger partial charge is 0.315 e. The van der Waals surface area contributed by atoms with Crippen LogP contribution in [0.25, 0.3) is 0 Å². The van der Waals surface area contributed by atoms with Gasteiger partial charge >= 0.3 is 5.97 Å². The van der Waals surface area contributed by atoms with Crippen LogP contribution in [0.5, 0.6) is 0 Å². The zero-order chi connectivity index (χ0) is 17.8. The molecule has 1 aliphatic rings. The summed E-state index contributed by atoms with van der Waals surface area (Å²) in [5.74, 6) is -0.0897. The van der Waals surface area contributed by atoms with E-state index in [1.165, 1.54) is 30.8 Å². The van der Waals surface area contributed by atoms with Gasteiger partial charge in [-0.15, -0.1) is 11.8 Å². The maximum absolute atomic E-state index is 12.9. The lowest BCUT2D eigenvalue weighted by Crippen LogP contribution is -2.21. The van der Waals surface area contributed by atoms with Crippen LogP contribution in [0.15, 0.2) is 54.6 Å². The Morgan fingerprint density at radius 2 is 1.84 bits per heavy atom. The van der Waals surface area contributed by atoms with Gasteiger partial charge in [0.15, 0.2) is 0 Å². The van der Waals surface area contributed by atoms with Gasteiger partial charge in [0.2, 0.25) is 0 Å². The molecule has 0 radical (unpaired) electrons. The van der Waals surface area contributed by atoms with Crippen LogP contribution >= 0.6 is 23.7 Å². The number of rotatable bonds is 6. The van der Waals surface area contributed by atoms with Gasteiger partial charge in [-0.05, 0) is 36.1 Å². The van der Waals surface area contributed by atoms with Gasteiger partial charge < -0.3 is 4.74 Å². The minimum Gasteiger partial charge on any atom is -0.468 e. The second-order valence-corrected chi connectivity index (χ2v) is 8.00. The molecule has 0 bridgehead atoms. The van der Waals surface area contributed by atoms with E-state index in [1.54, 1.807) is 4.31 Å².